The number of carbonyl (C=O) groups is 1. The van der Waals surface area contributed by atoms with Crippen LogP contribution < -0.4 is 14.8 Å². The maximum Gasteiger partial charge on any atom is 0.490 e. The van der Waals surface area contributed by atoms with Crippen LogP contribution in [0.3, 0.4) is 0 Å². The lowest BCUT2D eigenvalue weighted by molar-refractivity contribution is -0.192. The Labute approximate surface area is 189 Å². The van der Waals surface area contributed by atoms with Crippen molar-refractivity contribution in [2.45, 2.75) is 29.6 Å². The van der Waals surface area contributed by atoms with Gasteiger partial charge in [0.25, 0.3) is 0 Å². The Morgan fingerprint density at radius 1 is 1.21 bits per heavy atom. The number of benzene rings is 2. The molecule has 0 saturated carbocycles. The molecule has 2 aliphatic heterocycles. The number of hydrogen-bond donors (Lipinski definition) is 2. The number of nitrogens with zero attached hydrogens (tertiary/aromatic N) is 1. The summed E-state index contributed by atoms with van der Waals surface area (Å²) in [5, 5.41) is 10.4. The summed E-state index contributed by atoms with van der Waals surface area (Å²) >= 11 is 0. The third-order valence-electron chi connectivity index (χ3n) is 5.22. The lowest BCUT2D eigenvalue weighted by Gasteiger charge is -2.31. The van der Waals surface area contributed by atoms with Gasteiger partial charge in [-0.2, -0.15) is 17.5 Å². The summed E-state index contributed by atoms with van der Waals surface area (Å²) in [6.45, 7) is 2.07. The number of aliphatic carboxylic acids is 1. The number of hydrogen-bond acceptors (Lipinski definition) is 6. The van der Waals surface area contributed by atoms with Crippen LogP contribution in [0.1, 0.15) is 12.0 Å². The zero-order chi connectivity index (χ0) is 24.3. The molecule has 1 spiro atoms. The zero-order valence-corrected chi connectivity index (χ0v) is 18.4. The fourth-order valence-electron chi connectivity index (χ4n) is 3.58. The molecule has 4 rings (SSSR count). The molecule has 12 heteroatoms. The lowest BCUT2D eigenvalue weighted by Crippen LogP contribution is -2.48. The first-order valence-electron chi connectivity index (χ1n) is 9.89. The van der Waals surface area contributed by atoms with Gasteiger partial charge in [-0.05, 0) is 36.4 Å². The molecule has 1 unspecified atom stereocenters. The Hall–Kier alpha value is -2.83. The van der Waals surface area contributed by atoms with Crippen molar-refractivity contribution in [3.05, 3.63) is 54.1 Å². The van der Waals surface area contributed by atoms with Crippen LogP contribution in [0.25, 0.3) is 0 Å². The van der Waals surface area contributed by atoms with E-state index in [1.54, 1.807) is 25.3 Å². The number of methoxy groups -OCH3 is 1. The van der Waals surface area contributed by atoms with Crippen molar-refractivity contribution in [2.75, 3.05) is 26.7 Å². The second-order valence-electron chi connectivity index (χ2n) is 7.58. The summed E-state index contributed by atoms with van der Waals surface area (Å²) in [5.41, 5.74) is 0.376. The number of carboxylic acid groups (broad SMARTS) is 1. The first-order chi connectivity index (χ1) is 15.5. The van der Waals surface area contributed by atoms with E-state index in [0.29, 0.717) is 25.4 Å². The summed E-state index contributed by atoms with van der Waals surface area (Å²) in [6, 6.07) is 14.4. The summed E-state index contributed by atoms with van der Waals surface area (Å²) in [5.74, 6) is -1.57. The minimum atomic E-state index is -5.08. The van der Waals surface area contributed by atoms with Crippen LogP contribution in [0.2, 0.25) is 0 Å². The van der Waals surface area contributed by atoms with Gasteiger partial charge in [-0.1, -0.05) is 24.3 Å². The first-order valence-corrected chi connectivity index (χ1v) is 11.3. The normalized spacial score (nSPS) is 21.8. The number of sulfonamides is 1. The van der Waals surface area contributed by atoms with E-state index in [1.165, 1.54) is 4.31 Å². The molecule has 0 amide bonds. The van der Waals surface area contributed by atoms with Crippen LogP contribution in [0.5, 0.6) is 11.5 Å². The molecular formula is C21H23F3N2O6S. The van der Waals surface area contributed by atoms with E-state index in [9.17, 15) is 21.6 Å². The predicted molar refractivity (Wildman–Crippen MR) is 112 cm³/mol. The van der Waals surface area contributed by atoms with Crippen molar-refractivity contribution in [2.24, 2.45) is 0 Å². The van der Waals surface area contributed by atoms with Gasteiger partial charge in [0.1, 0.15) is 22.0 Å². The molecule has 33 heavy (non-hydrogen) atoms. The maximum atomic E-state index is 13.3. The van der Waals surface area contributed by atoms with Gasteiger partial charge in [0, 0.05) is 19.5 Å². The standard InChI is InChI=1S/C19H22N2O4S.C2HF3O2/c1-24-16-8-6-15(7-9-16)12-21-14-19(10-11-20-13-19)25-17-4-2-3-5-18(17)26(21,22)23;3-2(4,5)1(6)7/h2-9,20H,10-14H2,1H3;(H,6,7). The van der Waals surface area contributed by atoms with Crippen molar-refractivity contribution in [3.63, 3.8) is 0 Å². The Morgan fingerprint density at radius 3 is 2.39 bits per heavy atom. The summed E-state index contributed by atoms with van der Waals surface area (Å²) < 4.78 is 71.3. The first kappa shape index (κ1) is 24.8. The molecule has 180 valence electrons. The third kappa shape index (κ3) is 5.75. The molecule has 0 radical (unpaired) electrons. The number of halogens is 3. The quantitative estimate of drug-likeness (QED) is 0.685. The van der Waals surface area contributed by atoms with Gasteiger partial charge in [0.05, 0.1) is 13.7 Å². The SMILES string of the molecule is COc1ccc(CN2CC3(CCNC3)Oc3ccccc3S2(=O)=O)cc1.O=C(O)C(F)(F)F. The fraction of sp³-hybridized carbons (Fsp3) is 0.381. The highest BCUT2D eigenvalue weighted by molar-refractivity contribution is 7.89. The van der Waals surface area contributed by atoms with E-state index in [4.69, 9.17) is 19.4 Å². The van der Waals surface area contributed by atoms with E-state index in [-0.39, 0.29) is 4.90 Å². The Balaban J connectivity index is 0.000000383. The number of para-hydroxylation sites is 1. The van der Waals surface area contributed by atoms with E-state index in [0.717, 1.165) is 24.3 Å². The highest BCUT2D eigenvalue weighted by Gasteiger charge is 2.45. The van der Waals surface area contributed by atoms with E-state index in [2.05, 4.69) is 5.32 Å². The summed E-state index contributed by atoms with van der Waals surface area (Å²) in [7, 11) is -2.04. The molecule has 2 aliphatic rings. The third-order valence-corrected chi connectivity index (χ3v) is 7.05. The molecule has 8 nitrogen and oxygen atoms in total. The average Bonchev–Trinajstić information content (AvgIpc) is 3.18. The number of ether oxygens (including phenoxy) is 2. The highest BCUT2D eigenvalue weighted by Crippen LogP contribution is 2.37. The van der Waals surface area contributed by atoms with Gasteiger partial charge in [0.15, 0.2) is 0 Å². The zero-order valence-electron chi connectivity index (χ0n) is 17.6. The topological polar surface area (TPSA) is 105 Å². The largest absolute Gasteiger partial charge is 0.497 e. The number of carboxylic acids is 1. The molecular weight excluding hydrogens is 465 g/mol. The van der Waals surface area contributed by atoms with Crippen LogP contribution in [0.15, 0.2) is 53.4 Å². The second kappa shape index (κ2) is 9.57. The molecule has 2 N–H and O–H groups in total. The van der Waals surface area contributed by atoms with Crippen molar-refractivity contribution in [1.82, 2.24) is 9.62 Å². The molecule has 0 aromatic heterocycles. The van der Waals surface area contributed by atoms with E-state index in [1.807, 2.05) is 30.3 Å². The molecule has 2 heterocycles. The Bertz CT molecular complexity index is 1080. The summed E-state index contributed by atoms with van der Waals surface area (Å²) in [4.78, 5) is 9.13. The van der Waals surface area contributed by atoms with E-state index < -0.39 is 27.8 Å². The van der Waals surface area contributed by atoms with Crippen molar-refractivity contribution in [3.8, 4) is 11.5 Å². The molecule has 0 aliphatic carbocycles. The monoisotopic (exact) mass is 488 g/mol. The van der Waals surface area contributed by atoms with Crippen LogP contribution in [0.4, 0.5) is 13.2 Å². The van der Waals surface area contributed by atoms with Gasteiger partial charge in [0.2, 0.25) is 10.0 Å². The number of alkyl halides is 3. The van der Waals surface area contributed by atoms with Crippen LogP contribution in [-0.2, 0) is 21.4 Å². The van der Waals surface area contributed by atoms with E-state index >= 15 is 0 Å². The van der Waals surface area contributed by atoms with Gasteiger partial charge in [-0.15, -0.1) is 0 Å². The molecule has 1 fully saturated rings. The van der Waals surface area contributed by atoms with Gasteiger partial charge in [-0.25, -0.2) is 13.2 Å². The molecule has 1 saturated heterocycles. The van der Waals surface area contributed by atoms with Crippen LogP contribution >= 0.6 is 0 Å². The highest BCUT2D eigenvalue weighted by atomic mass is 32.2. The molecule has 2 aromatic carbocycles. The maximum absolute atomic E-state index is 13.3. The van der Waals surface area contributed by atoms with Crippen molar-refractivity contribution < 1.29 is 41.0 Å². The second-order valence-corrected chi connectivity index (χ2v) is 9.49. The van der Waals surface area contributed by atoms with Crippen LogP contribution in [-0.4, -0.2) is 62.3 Å². The number of nitrogens with one attached hydrogen (secondary N) is 1. The number of fused-ring (bicyclic) bond motifs is 1. The van der Waals surface area contributed by atoms with Crippen molar-refractivity contribution >= 4 is 16.0 Å². The smallest absolute Gasteiger partial charge is 0.490 e. The summed E-state index contributed by atoms with van der Waals surface area (Å²) in [6.07, 6.45) is -4.31. The molecule has 0 bridgehead atoms. The Kier molecular flexibility index (Phi) is 7.20. The van der Waals surface area contributed by atoms with Crippen molar-refractivity contribution in [1.29, 1.82) is 0 Å². The van der Waals surface area contributed by atoms with Gasteiger partial charge < -0.3 is 19.9 Å². The molecule has 2 aromatic rings. The lowest BCUT2D eigenvalue weighted by atomic mass is 10.0. The van der Waals surface area contributed by atoms with Gasteiger partial charge in [-0.3, -0.25) is 0 Å². The Morgan fingerprint density at radius 2 is 1.85 bits per heavy atom. The van der Waals surface area contributed by atoms with Gasteiger partial charge >= 0.3 is 12.1 Å². The average molecular weight is 488 g/mol. The molecule has 1 atom stereocenters. The minimum Gasteiger partial charge on any atom is -0.497 e. The minimum absolute atomic E-state index is 0.234. The number of rotatable bonds is 3. The predicted octanol–water partition coefficient (Wildman–Crippen LogP) is 2.64. The fourth-order valence-corrected chi connectivity index (χ4v) is 5.19. The van der Waals surface area contributed by atoms with Crippen LogP contribution in [0, 0.1) is 0 Å².